The minimum Gasteiger partial charge on any atom is -0.463 e. The minimum atomic E-state index is -0.202. The van der Waals surface area contributed by atoms with Gasteiger partial charge in [-0.15, -0.1) is 0 Å². The monoisotopic (exact) mass is 326 g/mol. The van der Waals surface area contributed by atoms with Crippen molar-refractivity contribution in [2.45, 2.75) is 32.1 Å². The molecule has 0 fully saturated rings. The van der Waals surface area contributed by atoms with Gasteiger partial charge in [-0.3, -0.25) is 0 Å². The van der Waals surface area contributed by atoms with Crippen LogP contribution in [0.4, 0.5) is 0 Å². The molecule has 0 bridgehead atoms. The summed E-state index contributed by atoms with van der Waals surface area (Å²) in [5.41, 5.74) is 3.11. The molecule has 0 saturated carbocycles. The normalized spacial score (nSPS) is 12.3. The Kier molecular flexibility index (Phi) is 6.48. The number of hydrogen-bond acceptors (Lipinski definition) is 3. The van der Waals surface area contributed by atoms with E-state index in [1.807, 2.05) is 51.1 Å². The molecule has 1 aliphatic rings. The molecule has 0 spiro atoms. The third kappa shape index (κ3) is 4.05. The Bertz CT molecular complexity index is 690. The first kappa shape index (κ1) is 17.4. The molecule has 2 aromatic rings. The van der Waals surface area contributed by atoms with Crippen LogP contribution in [0.3, 0.4) is 0 Å². The van der Waals surface area contributed by atoms with Gasteiger partial charge >= 0.3 is 5.97 Å². The van der Waals surface area contributed by atoms with E-state index in [1.54, 1.807) is 11.8 Å². The third-order valence-corrected chi connectivity index (χ3v) is 4.57. The maximum absolute atomic E-state index is 12.2. The average molecular weight is 326 g/mol. The van der Waals surface area contributed by atoms with E-state index in [4.69, 9.17) is 4.74 Å². The highest BCUT2D eigenvalue weighted by molar-refractivity contribution is 8.08. The van der Waals surface area contributed by atoms with Crippen LogP contribution >= 0.6 is 11.8 Å². The number of esters is 1. The Labute approximate surface area is 142 Å². The first-order chi connectivity index (χ1) is 11.3. The molecule has 2 nitrogen and oxygen atoms in total. The van der Waals surface area contributed by atoms with Gasteiger partial charge in [0.25, 0.3) is 0 Å². The zero-order chi connectivity index (χ0) is 16.7. The first-order valence-corrected chi connectivity index (χ1v) is 8.82. The molecule has 0 aromatic heterocycles. The van der Waals surface area contributed by atoms with Crippen LogP contribution in [-0.2, 0) is 16.0 Å². The lowest BCUT2D eigenvalue weighted by atomic mass is 10.1. The van der Waals surface area contributed by atoms with Crippen LogP contribution in [0, 0.1) is 0 Å². The molecule has 0 aliphatic heterocycles. The van der Waals surface area contributed by atoms with Gasteiger partial charge in [-0.1, -0.05) is 68.1 Å². The maximum atomic E-state index is 12.2. The van der Waals surface area contributed by atoms with E-state index in [0.29, 0.717) is 13.0 Å². The molecule has 2 aromatic carbocycles. The van der Waals surface area contributed by atoms with Gasteiger partial charge in [0.05, 0.1) is 12.2 Å². The maximum Gasteiger partial charge on any atom is 0.335 e. The van der Waals surface area contributed by atoms with Crippen molar-refractivity contribution in [1.82, 2.24) is 0 Å². The number of ether oxygens (including phenoxy) is 1. The Hall–Kier alpha value is -2.00. The van der Waals surface area contributed by atoms with Gasteiger partial charge in [0.15, 0.2) is 0 Å². The lowest BCUT2D eigenvalue weighted by Gasteiger charge is -2.08. The lowest BCUT2D eigenvalue weighted by Crippen LogP contribution is -2.08. The quantitative estimate of drug-likeness (QED) is 0.710. The molecule has 3 rings (SSSR count). The van der Waals surface area contributed by atoms with Crippen molar-refractivity contribution in [2.24, 2.45) is 0 Å². The summed E-state index contributed by atoms with van der Waals surface area (Å²) >= 11 is 1.63. The van der Waals surface area contributed by atoms with E-state index < -0.39 is 0 Å². The van der Waals surface area contributed by atoms with Gasteiger partial charge in [-0.25, -0.2) is 4.79 Å². The van der Waals surface area contributed by atoms with Crippen LogP contribution in [0.15, 0.2) is 65.1 Å². The number of carbonyl (C=O) groups excluding carboxylic acids is 1. The number of rotatable bonds is 4. The fourth-order valence-electron chi connectivity index (χ4n) is 2.44. The molecular formula is C20H22O2S. The number of fused-ring (bicyclic) bond motifs is 1. The molecule has 0 radical (unpaired) electrons. The van der Waals surface area contributed by atoms with Crippen molar-refractivity contribution in [1.29, 1.82) is 0 Å². The van der Waals surface area contributed by atoms with E-state index in [0.717, 1.165) is 20.9 Å². The SMILES string of the molecule is CC.CCOC(=O)C1=C(Sc2ccccc2)c2ccccc2C1. The van der Waals surface area contributed by atoms with Gasteiger partial charge in [-0.05, 0) is 30.2 Å². The first-order valence-electron chi connectivity index (χ1n) is 8.01. The van der Waals surface area contributed by atoms with Gasteiger partial charge in [0.2, 0.25) is 0 Å². The molecule has 0 unspecified atom stereocenters. The predicted octanol–water partition coefficient (Wildman–Crippen LogP) is 5.34. The average Bonchev–Trinajstić information content (AvgIpc) is 2.97. The third-order valence-electron chi connectivity index (χ3n) is 3.39. The minimum absolute atomic E-state index is 0.202. The smallest absolute Gasteiger partial charge is 0.335 e. The second-order valence-electron chi connectivity index (χ2n) is 4.78. The summed E-state index contributed by atoms with van der Waals surface area (Å²) in [5.74, 6) is -0.202. The Balaban J connectivity index is 0.000000924. The Morgan fingerprint density at radius 2 is 1.70 bits per heavy atom. The largest absolute Gasteiger partial charge is 0.463 e. The van der Waals surface area contributed by atoms with Crippen LogP contribution in [0.5, 0.6) is 0 Å². The summed E-state index contributed by atoms with van der Waals surface area (Å²) in [6, 6.07) is 18.3. The standard InChI is InChI=1S/C18H16O2S.C2H6/c1-2-20-18(19)16-12-13-8-6-7-11-15(13)17(16)21-14-9-4-3-5-10-14;1-2/h3-11H,2,12H2,1H3;1-2H3. The molecule has 0 heterocycles. The van der Waals surface area contributed by atoms with Crippen LogP contribution < -0.4 is 0 Å². The second kappa shape index (κ2) is 8.59. The molecule has 0 atom stereocenters. The number of thioether (sulfide) groups is 1. The van der Waals surface area contributed by atoms with Crippen molar-refractivity contribution >= 4 is 22.6 Å². The molecule has 0 amide bonds. The van der Waals surface area contributed by atoms with Crippen molar-refractivity contribution in [3.63, 3.8) is 0 Å². The molecule has 1 aliphatic carbocycles. The van der Waals surface area contributed by atoms with Crippen LogP contribution in [0.2, 0.25) is 0 Å². The van der Waals surface area contributed by atoms with Gasteiger partial charge in [0.1, 0.15) is 0 Å². The van der Waals surface area contributed by atoms with Gasteiger partial charge in [0, 0.05) is 16.2 Å². The zero-order valence-corrected chi connectivity index (χ0v) is 14.7. The summed E-state index contributed by atoms with van der Waals surface area (Å²) in [6.07, 6.45) is 0.657. The van der Waals surface area contributed by atoms with Crippen LogP contribution in [0.25, 0.3) is 4.91 Å². The van der Waals surface area contributed by atoms with Crippen LogP contribution in [-0.4, -0.2) is 12.6 Å². The summed E-state index contributed by atoms with van der Waals surface area (Å²) in [6.45, 7) is 6.24. The summed E-state index contributed by atoms with van der Waals surface area (Å²) < 4.78 is 5.21. The number of benzene rings is 2. The summed E-state index contributed by atoms with van der Waals surface area (Å²) in [4.78, 5) is 14.4. The summed E-state index contributed by atoms with van der Waals surface area (Å²) in [5, 5.41) is 0. The zero-order valence-electron chi connectivity index (χ0n) is 13.8. The van der Waals surface area contributed by atoms with E-state index in [9.17, 15) is 4.79 Å². The molecule has 23 heavy (non-hydrogen) atoms. The molecule has 0 N–H and O–H groups in total. The van der Waals surface area contributed by atoms with Crippen LogP contribution in [0.1, 0.15) is 31.9 Å². The molecular weight excluding hydrogens is 304 g/mol. The van der Waals surface area contributed by atoms with Gasteiger partial charge in [-0.2, -0.15) is 0 Å². The molecule has 0 saturated heterocycles. The van der Waals surface area contributed by atoms with Crippen molar-refractivity contribution in [3.05, 3.63) is 71.3 Å². The van der Waals surface area contributed by atoms with E-state index in [2.05, 4.69) is 24.3 Å². The highest BCUT2D eigenvalue weighted by Crippen LogP contribution is 2.43. The lowest BCUT2D eigenvalue weighted by molar-refractivity contribution is -0.138. The fourth-order valence-corrected chi connectivity index (χ4v) is 3.55. The Morgan fingerprint density at radius 1 is 1.04 bits per heavy atom. The fraction of sp³-hybridized carbons (Fsp3) is 0.250. The topological polar surface area (TPSA) is 26.3 Å². The van der Waals surface area contributed by atoms with E-state index >= 15 is 0 Å². The second-order valence-corrected chi connectivity index (χ2v) is 5.86. The highest BCUT2D eigenvalue weighted by Gasteiger charge is 2.27. The van der Waals surface area contributed by atoms with Crippen molar-refractivity contribution in [2.75, 3.05) is 6.61 Å². The Morgan fingerprint density at radius 3 is 2.39 bits per heavy atom. The van der Waals surface area contributed by atoms with E-state index in [1.165, 1.54) is 5.56 Å². The number of hydrogen-bond donors (Lipinski definition) is 0. The highest BCUT2D eigenvalue weighted by atomic mass is 32.2. The molecule has 120 valence electrons. The molecule has 3 heteroatoms. The van der Waals surface area contributed by atoms with Crippen molar-refractivity contribution < 1.29 is 9.53 Å². The number of carbonyl (C=O) groups is 1. The van der Waals surface area contributed by atoms with E-state index in [-0.39, 0.29) is 5.97 Å². The summed E-state index contributed by atoms with van der Waals surface area (Å²) in [7, 11) is 0. The predicted molar refractivity (Wildman–Crippen MR) is 97.3 cm³/mol. The van der Waals surface area contributed by atoms with Crippen molar-refractivity contribution in [3.8, 4) is 0 Å². The van der Waals surface area contributed by atoms with Gasteiger partial charge < -0.3 is 4.74 Å².